The van der Waals surface area contributed by atoms with Crippen LogP contribution in [-0.2, 0) is 4.79 Å². The van der Waals surface area contributed by atoms with Crippen molar-refractivity contribution in [1.82, 2.24) is 10.2 Å². The van der Waals surface area contributed by atoms with Crippen molar-refractivity contribution in [3.63, 3.8) is 0 Å². The third kappa shape index (κ3) is 5.45. The van der Waals surface area contributed by atoms with E-state index in [2.05, 4.69) is 36.8 Å². The van der Waals surface area contributed by atoms with Crippen LogP contribution in [0.15, 0.2) is 57.3 Å². The fraction of sp³-hybridized carbons (Fsp3) is 0.118. The van der Waals surface area contributed by atoms with Gasteiger partial charge < -0.3 is 15.4 Å². The molecule has 2 aromatic carbocycles. The lowest BCUT2D eigenvalue weighted by Gasteiger charge is -2.04. The van der Waals surface area contributed by atoms with E-state index in [4.69, 9.17) is 4.74 Å². The highest BCUT2D eigenvalue weighted by Gasteiger charge is 2.09. The van der Waals surface area contributed by atoms with E-state index in [1.807, 2.05) is 48.5 Å². The number of aromatic nitrogens is 2. The first-order valence-corrected chi connectivity index (χ1v) is 10.1. The second-order valence-electron chi connectivity index (χ2n) is 5.07. The van der Waals surface area contributed by atoms with Crippen LogP contribution in [-0.4, -0.2) is 29.0 Å². The van der Waals surface area contributed by atoms with Crippen LogP contribution in [0.25, 0.3) is 0 Å². The predicted molar refractivity (Wildman–Crippen MR) is 110 cm³/mol. The van der Waals surface area contributed by atoms with Crippen molar-refractivity contribution >= 4 is 61.4 Å². The molecule has 0 aliphatic rings. The van der Waals surface area contributed by atoms with E-state index in [0.717, 1.165) is 25.9 Å². The average molecular weight is 451 g/mol. The Morgan fingerprint density at radius 3 is 2.77 bits per heavy atom. The summed E-state index contributed by atoms with van der Waals surface area (Å²) in [6, 6.07) is 15.0. The number of hydrogen-bond acceptors (Lipinski definition) is 7. The molecule has 0 aliphatic carbocycles. The van der Waals surface area contributed by atoms with E-state index in [9.17, 15) is 4.79 Å². The fourth-order valence-electron chi connectivity index (χ4n) is 2.00. The molecule has 1 heterocycles. The molecule has 0 atom stereocenters. The number of thioether (sulfide) groups is 1. The third-order valence-corrected chi connectivity index (χ3v) is 5.68. The van der Waals surface area contributed by atoms with Gasteiger partial charge in [0.25, 0.3) is 0 Å². The molecule has 3 rings (SSSR count). The number of nitrogens with one attached hydrogen (secondary N) is 2. The summed E-state index contributed by atoms with van der Waals surface area (Å²) in [5.74, 6) is 0.942. The quantitative estimate of drug-likeness (QED) is 0.504. The normalized spacial score (nSPS) is 10.4. The van der Waals surface area contributed by atoms with Gasteiger partial charge in [-0.2, -0.15) is 0 Å². The highest BCUT2D eigenvalue weighted by atomic mass is 79.9. The summed E-state index contributed by atoms with van der Waals surface area (Å²) in [6.07, 6.45) is 0. The minimum atomic E-state index is -0.0881. The molecule has 1 aromatic heterocycles. The van der Waals surface area contributed by atoms with E-state index < -0.39 is 0 Å². The Balaban J connectivity index is 1.51. The largest absolute Gasteiger partial charge is 0.497 e. The van der Waals surface area contributed by atoms with Crippen molar-refractivity contribution in [2.75, 3.05) is 23.5 Å². The van der Waals surface area contributed by atoms with Crippen molar-refractivity contribution in [1.29, 1.82) is 0 Å². The van der Waals surface area contributed by atoms with Crippen LogP contribution in [0.4, 0.5) is 16.5 Å². The first kappa shape index (κ1) is 18.7. The Kier molecular flexibility index (Phi) is 6.48. The van der Waals surface area contributed by atoms with E-state index in [1.54, 1.807) is 7.11 Å². The smallest absolute Gasteiger partial charge is 0.234 e. The zero-order valence-electron chi connectivity index (χ0n) is 13.7. The maximum atomic E-state index is 12.0. The van der Waals surface area contributed by atoms with Crippen LogP contribution in [0.2, 0.25) is 0 Å². The first-order chi connectivity index (χ1) is 12.6. The molecule has 134 valence electrons. The Bertz CT molecular complexity index is 886. The number of carbonyl (C=O) groups is 1. The molecule has 6 nitrogen and oxygen atoms in total. The van der Waals surface area contributed by atoms with Gasteiger partial charge in [-0.1, -0.05) is 45.1 Å². The summed E-state index contributed by atoms with van der Waals surface area (Å²) < 4.78 is 6.89. The number of carbonyl (C=O) groups excluding carboxylic acids is 1. The third-order valence-electron chi connectivity index (χ3n) is 3.18. The molecular formula is C17H15BrN4O2S2. The Hall–Kier alpha value is -2.10. The molecule has 0 bridgehead atoms. The Labute approximate surface area is 167 Å². The van der Waals surface area contributed by atoms with Crippen LogP contribution in [0, 0.1) is 0 Å². The molecule has 1 amide bonds. The van der Waals surface area contributed by atoms with E-state index in [1.165, 1.54) is 23.1 Å². The van der Waals surface area contributed by atoms with Gasteiger partial charge in [-0.3, -0.25) is 4.79 Å². The maximum Gasteiger partial charge on any atom is 0.234 e. The van der Waals surface area contributed by atoms with E-state index >= 15 is 0 Å². The number of methoxy groups -OCH3 is 1. The van der Waals surface area contributed by atoms with Gasteiger partial charge >= 0.3 is 0 Å². The number of nitrogens with zero attached hydrogens (tertiary/aromatic N) is 2. The molecule has 0 saturated carbocycles. The zero-order chi connectivity index (χ0) is 18.4. The number of anilines is 3. The van der Waals surface area contributed by atoms with Crippen molar-refractivity contribution < 1.29 is 9.53 Å². The second kappa shape index (κ2) is 9.02. The van der Waals surface area contributed by atoms with Crippen LogP contribution < -0.4 is 15.4 Å². The molecule has 0 fully saturated rings. The molecule has 9 heteroatoms. The zero-order valence-corrected chi connectivity index (χ0v) is 17.0. The number of rotatable bonds is 7. The van der Waals surface area contributed by atoms with Crippen LogP contribution in [0.5, 0.6) is 5.75 Å². The lowest BCUT2D eigenvalue weighted by molar-refractivity contribution is -0.113. The number of halogens is 1. The van der Waals surface area contributed by atoms with Gasteiger partial charge in [-0.05, 0) is 36.4 Å². The summed E-state index contributed by atoms with van der Waals surface area (Å²) in [4.78, 5) is 12.0. The molecule has 0 spiro atoms. The maximum absolute atomic E-state index is 12.0. The van der Waals surface area contributed by atoms with Crippen LogP contribution in [0.1, 0.15) is 0 Å². The summed E-state index contributed by atoms with van der Waals surface area (Å²) in [5.41, 5.74) is 1.63. The molecule has 0 aliphatic heterocycles. The fourth-order valence-corrected chi connectivity index (χ4v) is 3.84. The highest BCUT2D eigenvalue weighted by Crippen LogP contribution is 2.28. The lowest BCUT2D eigenvalue weighted by Crippen LogP contribution is -2.13. The van der Waals surface area contributed by atoms with Crippen LogP contribution >= 0.6 is 39.0 Å². The van der Waals surface area contributed by atoms with Crippen molar-refractivity contribution in [3.8, 4) is 5.75 Å². The second-order valence-corrected chi connectivity index (χ2v) is 8.19. The van der Waals surface area contributed by atoms with Crippen LogP contribution in [0.3, 0.4) is 0 Å². The summed E-state index contributed by atoms with van der Waals surface area (Å²) in [7, 11) is 1.62. The molecule has 0 radical (unpaired) electrons. The topological polar surface area (TPSA) is 76.1 Å². The predicted octanol–water partition coefficient (Wildman–Crippen LogP) is 4.78. The minimum absolute atomic E-state index is 0.0881. The van der Waals surface area contributed by atoms with Gasteiger partial charge in [-0.15, -0.1) is 10.2 Å². The van der Waals surface area contributed by atoms with Gasteiger partial charge in [0.2, 0.25) is 11.0 Å². The average Bonchev–Trinajstić information content (AvgIpc) is 3.09. The SMILES string of the molecule is COc1cccc(Nc2nnc(SCC(=O)Nc3ccc(Br)cc3)s2)c1. The van der Waals surface area contributed by atoms with E-state index in [-0.39, 0.29) is 11.7 Å². The van der Waals surface area contributed by atoms with Gasteiger partial charge in [0.15, 0.2) is 4.34 Å². The van der Waals surface area contributed by atoms with Crippen molar-refractivity contribution in [3.05, 3.63) is 53.0 Å². The molecule has 3 aromatic rings. The van der Waals surface area contributed by atoms with Gasteiger partial charge in [0.05, 0.1) is 12.9 Å². The summed E-state index contributed by atoms with van der Waals surface area (Å²) >= 11 is 6.11. The van der Waals surface area contributed by atoms with Gasteiger partial charge in [0.1, 0.15) is 5.75 Å². The highest BCUT2D eigenvalue weighted by molar-refractivity contribution is 9.10. The first-order valence-electron chi connectivity index (χ1n) is 7.55. The monoisotopic (exact) mass is 450 g/mol. The van der Waals surface area contributed by atoms with Gasteiger partial charge in [0, 0.05) is 21.9 Å². The number of benzene rings is 2. The molecule has 0 unspecified atom stereocenters. The number of hydrogen-bond donors (Lipinski definition) is 2. The summed E-state index contributed by atoms with van der Waals surface area (Å²) in [5, 5.41) is 14.9. The number of amides is 1. The van der Waals surface area contributed by atoms with Crippen molar-refractivity contribution in [2.24, 2.45) is 0 Å². The Morgan fingerprint density at radius 2 is 2.00 bits per heavy atom. The minimum Gasteiger partial charge on any atom is -0.497 e. The van der Waals surface area contributed by atoms with Crippen molar-refractivity contribution in [2.45, 2.75) is 4.34 Å². The molecular weight excluding hydrogens is 436 g/mol. The molecule has 26 heavy (non-hydrogen) atoms. The Morgan fingerprint density at radius 1 is 1.19 bits per heavy atom. The summed E-state index contributed by atoms with van der Waals surface area (Å²) in [6.45, 7) is 0. The standard InChI is InChI=1S/C17H15BrN4O2S2/c1-24-14-4-2-3-13(9-14)20-16-21-22-17(26-16)25-10-15(23)19-12-7-5-11(18)6-8-12/h2-9H,10H2,1H3,(H,19,23)(H,20,21). The number of ether oxygens (including phenoxy) is 1. The molecule has 0 saturated heterocycles. The molecule has 2 N–H and O–H groups in total. The lowest BCUT2D eigenvalue weighted by atomic mass is 10.3. The van der Waals surface area contributed by atoms with E-state index in [0.29, 0.717) is 5.13 Å². The van der Waals surface area contributed by atoms with Gasteiger partial charge in [-0.25, -0.2) is 0 Å².